The molecule has 30 heavy (non-hydrogen) atoms. The number of benzene rings is 2. The molecule has 0 saturated carbocycles. The smallest absolute Gasteiger partial charge is 0.200 e. The van der Waals surface area contributed by atoms with E-state index in [0.29, 0.717) is 17.5 Å². The largest absolute Gasteiger partial charge is 0.340 e. The summed E-state index contributed by atoms with van der Waals surface area (Å²) in [5.74, 6) is -0.280. The predicted octanol–water partition coefficient (Wildman–Crippen LogP) is 4.16. The van der Waals surface area contributed by atoms with Crippen LogP contribution in [0.5, 0.6) is 0 Å². The first-order valence-electron chi connectivity index (χ1n) is 9.58. The number of fused-ring (bicyclic) bond motifs is 1. The zero-order valence-electron chi connectivity index (χ0n) is 16.4. The number of nitrogens with zero attached hydrogens (tertiary/aromatic N) is 2. The summed E-state index contributed by atoms with van der Waals surface area (Å²) < 4.78 is 2.65. The Labute approximate surface area is 182 Å². The van der Waals surface area contributed by atoms with Crippen molar-refractivity contribution in [2.24, 2.45) is 0 Å². The van der Waals surface area contributed by atoms with Crippen LogP contribution in [0, 0.1) is 0 Å². The normalized spacial score (nSPS) is 11.0. The van der Waals surface area contributed by atoms with Gasteiger partial charge in [-0.05, 0) is 52.8 Å². The van der Waals surface area contributed by atoms with Crippen LogP contribution in [0.4, 0.5) is 0 Å². The summed E-state index contributed by atoms with van der Waals surface area (Å²) in [4.78, 5) is 30.8. The number of para-hydroxylation sites is 1. The Morgan fingerprint density at radius 1 is 1.03 bits per heavy atom. The lowest BCUT2D eigenvalue weighted by Gasteiger charge is -2.13. The molecular formula is C24H20BrN3O2. The second-order valence-corrected chi connectivity index (χ2v) is 7.84. The molecule has 6 heteroatoms. The third-order valence-electron chi connectivity index (χ3n) is 4.93. The summed E-state index contributed by atoms with van der Waals surface area (Å²) in [6.07, 6.45) is 1.65. The van der Waals surface area contributed by atoms with Crippen molar-refractivity contribution >= 4 is 32.6 Å². The highest BCUT2D eigenvalue weighted by molar-refractivity contribution is 9.10. The molecule has 0 spiro atoms. The van der Waals surface area contributed by atoms with Crippen molar-refractivity contribution in [2.75, 3.05) is 7.05 Å². The highest BCUT2D eigenvalue weighted by Gasteiger charge is 2.17. The van der Waals surface area contributed by atoms with Crippen molar-refractivity contribution in [2.45, 2.75) is 13.1 Å². The van der Waals surface area contributed by atoms with Crippen molar-refractivity contribution in [1.82, 2.24) is 14.9 Å². The number of carbonyl (C=O) groups is 1. The van der Waals surface area contributed by atoms with Crippen LogP contribution in [0.3, 0.4) is 0 Å². The lowest BCUT2D eigenvalue weighted by molar-refractivity contribution is 0.103. The number of halogens is 1. The summed E-state index contributed by atoms with van der Waals surface area (Å²) in [6.45, 7) is 1.17. The van der Waals surface area contributed by atoms with E-state index in [9.17, 15) is 9.59 Å². The standard InChI is InChI=1S/C24H20BrN3O2/c1-26-13-16-9-11-17(12-10-16)23(29)20-15-28(14-18-5-4-8-22(25)27-18)21-7-3-2-6-19(21)24(20)30/h2-12,15,26H,13-14H2,1H3. The Balaban J connectivity index is 1.80. The Bertz CT molecular complexity index is 1280. The lowest BCUT2D eigenvalue weighted by atomic mass is 10.0. The fourth-order valence-corrected chi connectivity index (χ4v) is 3.86. The molecule has 0 amide bonds. The van der Waals surface area contributed by atoms with E-state index in [4.69, 9.17) is 0 Å². The van der Waals surface area contributed by atoms with Gasteiger partial charge in [-0.15, -0.1) is 0 Å². The Kier molecular flexibility index (Phi) is 5.88. The lowest BCUT2D eigenvalue weighted by Crippen LogP contribution is -2.20. The number of rotatable bonds is 6. The SMILES string of the molecule is CNCc1ccc(C(=O)c2cn(Cc3cccc(Br)n3)c3ccccc3c2=O)cc1. The maximum Gasteiger partial charge on any atom is 0.200 e. The van der Waals surface area contributed by atoms with Crippen LogP contribution < -0.4 is 10.7 Å². The van der Waals surface area contributed by atoms with E-state index in [2.05, 4.69) is 26.2 Å². The van der Waals surface area contributed by atoms with E-state index in [0.717, 1.165) is 27.9 Å². The van der Waals surface area contributed by atoms with E-state index in [-0.39, 0.29) is 16.8 Å². The summed E-state index contributed by atoms with van der Waals surface area (Å²) in [6, 6.07) is 20.4. The highest BCUT2D eigenvalue weighted by Crippen LogP contribution is 2.17. The monoisotopic (exact) mass is 461 g/mol. The van der Waals surface area contributed by atoms with Crippen LogP contribution in [0.15, 0.2) is 82.3 Å². The first kappa shape index (κ1) is 20.2. The van der Waals surface area contributed by atoms with E-state index < -0.39 is 0 Å². The first-order valence-corrected chi connectivity index (χ1v) is 10.4. The third-order valence-corrected chi connectivity index (χ3v) is 5.38. The fraction of sp³-hybridized carbons (Fsp3) is 0.125. The van der Waals surface area contributed by atoms with Crippen molar-refractivity contribution in [1.29, 1.82) is 0 Å². The van der Waals surface area contributed by atoms with Gasteiger partial charge < -0.3 is 9.88 Å². The first-order chi connectivity index (χ1) is 14.6. The maximum absolute atomic E-state index is 13.2. The molecule has 0 aliphatic rings. The molecule has 1 N–H and O–H groups in total. The Hall–Kier alpha value is -3.09. The van der Waals surface area contributed by atoms with E-state index in [1.165, 1.54) is 0 Å². The minimum Gasteiger partial charge on any atom is -0.340 e. The molecule has 0 aliphatic heterocycles. The predicted molar refractivity (Wildman–Crippen MR) is 122 cm³/mol. The van der Waals surface area contributed by atoms with Crippen molar-refractivity contribution in [3.8, 4) is 0 Å². The molecule has 0 fully saturated rings. The highest BCUT2D eigenvalue weighted by atomic mass is 79.9. The van der Waals surface area contributed by atoms with Crippen molar-refractivity contribution in [3.05, 3.63) is 110 Å². The zero-order valence-corrected chi connectivity index (χ0v) is 18.0. The minimum absolute atomic E-state index is 0.157. The molecule has 0 saturated heterocycles. The van der Waals surface area contributed by atoms with Gasteiger partial charge >= 0.3 is 0 Å². The number of hydrogen-bond donors (Lipinski definition) is 1. The molecule has 2 aromatic heterocycles. The molecule has 2 aromatic carbocycles. The Morgan fingerprint density at radius 3 is 2.53 bits per heavy atom. The number of nitrogens with one attached hydrogen (secondary N) is 1. The van der Waals surface area contributed by atoms with Gasteiger partial charge in [0.15, 0.2) is 5.78 Å². The summed E-state index contributed by atoms with van der Waals surface area (Å²) in [5.41, 5.74) is 3.07. The van der Waals surface area contributed by atoms with Gasteiger partial charge in [-0.25, -0.2) is 4.98 Å². The maximum atomic E-state index is 13.2. The molecule has 2 heterocycles. The van der Waals surface area contributed by atoms with Gasteiger partial charge in [-0.3, -0.25) is 9.59 Å². The quantitative estimate of drug-likeness (QED) is 0.345. The second-order valence-electron chi connectivity index (χ2n) is 7.02. The number of carbonyl (C=O) groups excluding carboxylic acids is 1. The van der Waals surface area contributed by atoms with Crippen LogP contribution in [0.25, 0.3) is 10.9 Å². The van der Waals surface area contributed by atoms with Gasteiger partial charge in [-0.1, -0.05) is 42.5 Å². The van der Waals surface area contributed by atoms with E-state index in [1.807, 2.05) is 60.1 Å². The van der Waals surface area contributed by atoms with Gasteiger partial charge in [0.1, 0.15) is 4.60 Å². The second kappa shape index (κ2) is 8.73. The number of ketones is 1. The molecule has 5 nitrogen and oxygen atoms in total. The average Bonchev–Trinajstić information content (AvgIpc) is 2.76. The number of aromatic nitrogens is 2. The van der Waals surface area contributed by atoms with Gasteiger partial charge in [-0.2, -0.15) is 0 Å². The molecule has 0 bridgehead atoms. The van der Waals surface area contributed by atoms with Gasteiger partial charge in [0.05, 0.1) is 23.3 Å². The topological polar surface area (TPSA) is 64.0 Å². The third kappa shape index (κ3) is 4.10. The van der Waals surface area contributed by atoms with Crippen LogP contribution in [0.1, 0.15) is 27.2 Å². The van der Waals surface area contributed by atoms with Crippen molar-refractivity contribution < 1.29 is 4.79 Å². The summed E-state index contributed by atoms with van der Waals surface area (Å²) >= 11 is 3.39. The summed E-state index contributed by atoms with van der Waals surface area (Å²) in [7, 11) is 1.87. The van der Waals surface area contributed by atoms with E-state index >= 15 is 0 Å². The van der Waals surface area contributed by atoms with Gasteiger partial charge in [0.25, 0.3) is 0 Å². The van der Waals surface area contributed by atoms with Gasteiger partial charge in [0, 0.05) is 23.7 Å². The molecule has 0 unspecified atom stereocenters. The molecule has 0 atom stereocenters. The fourth-order valence-electron chi connectivity index (χ4n) is 3.48. The zero-order chi connectivity index (χ0) is 21.1. The molecule has 4 rings (SSSR count). The minimum atomic E-state index is -0.280. The molecule has 0 aliphatic carbocycles. The molecule has 0 radical (unpaired) electrons. The molecule has 4 aromatic rings. The number of pyridine rings is 2. The van der Waals surface area contributed by atoms with Crippen LogP contribution in [-0.2, 0) is 13.1 Å². The van der Waals surface area contributed by atoms with Crippen molar-refractivity contribution in [3.63, 3.8) is 0 Å². The molecular weight excluding hydrogens is 442 g/mol. The Morgan fingerprint density at radius 2 is 1.80 bits per heavy atom. The summed E-state index contributed by atoms with van der Waals surface area (Å²) in [5, 5.41) is 3.60. The van der Waals surface area contributed by atoms with E-state index in [1.54, 1.807) is 24.4 Å². The van der Waals surface area contributed by atoms with Crippen LogP contribution in [0.2, 0.25) is 0 Å². The number of hydrogen-bond acceptors (Lipinski definition) is 4. The van der Waals surface area contributed by atoms with Crippen LogP contribution in [-0.4, -0.2) is 22.4 Å². The molecule has 150 valence electrons. The van der Waals surface area contributed by atoms with Gasteiger partial charge in [0.2, 0.25) is 5.43 Å². The average molecular weight is 462 g/mol. The van der Waals surface area contributed by atoms with Crippen LogP contribution >= 0.6 is 15.9 Å².